The Labute approximate surface area is 122 Å². The van der Waals surface area contributed by atoms with Gasteiger partial charge >= 0.3 is 0 Å². The Morgan fingerprint density at radius 3 is 2.58 bits per heavy atom. The van der Waals surface area contributed by atoms with Crippen molar-refractivity contribution in [3.05, 3.63) is 64.7 Å². The monoisotopic (exact) mass is 286 g/mol. The lowest BCUT2D eigenvalue weighted by atomic mass is 10.0. The average Bonchev–Trinajstić information content (AvgIpc) is 2.58. The van der Waals surface area contributed by atoms with Crippen LogP contribution in [0.2, 0.25) is 5.02 Å². The molecular formula is C15H11ClN2S. The van der Waals surface area contributed by atoms with Gasteiger partial charge < -0.3 is 5.32 Å². The van der Waals surface area contributed by atoms with Crippen LogP contribution in [0.5, 0.6) is 0 Å². The van der Waals surface area contributed by atoms with Crippen molar-refractivity contribution in [2.45, 2.75) is 0 Å². The number of halogens is 1. The van der Waals surface area contributed by atoms with Crippen molar-refractivity contribution >= 4 is 40.2 Å². The maximum Gasteiger partial charge on any atom is 0.102 e. The molecule has 0 saturated carbocycles. The van der Waals surface area contributed by atoms with Gasteiger partial charge in [-0.05, 0) is 18.2 Å². The number of rotatable bonds is 1. The van der Waals surface area contributed by atoms with Crippen LogP contribution in [0.4, 0.5) is 5.69 Å². The third-order valence-corrected chi connectivity index (χ3v) is 3.44. The number of benzodiazepines with no additional fused rings is 1. The second kappa shape index (κ2) is 5.11. The van der Waals surface area contributed by atoms with Gasteiger partial charge in [0.05, 0.1) is 12.3 Å². The number of hydrogen-bond acceptors (Lipinski definition) is 2. The highest BCUT2D eigenvalue weighted by molar-refractivity contribution is 7.80. The average molecular weight is 287 g/mol. The van der Waals surface area contributed by atoms with Gasteiger partial charge in [-0.2, -0.15) is 0 Å². The Kier molecular flexibility index (Phi) is 3.32. The highest BCUT2D eigenvalue weighted by Crippen LogP contribution is 2.23. The quantitative estimate of drug-likeness (QED) is 0.803. The molecule has 0 unspecified atom stereocenters. The van der Waals surface area contributed by atoms with Crippen LogP contribution in [-0.2, 0) is 0 Å². The molecule has 1 N–H and O–H groups in total. The molecular weight excluding hydrogens is 276 g/mol. The van der Waals surface area contributed by atoms with Crippen molar-refractivity contribution in [3.63, 3.8) is 0 Å². The Morgan fingerprint density at radius 2 is 1.79 bits per heavy atom. The van der Waals surface area contributed by atoms with E-state index in [2.05, 4.69) is 10.3 Å². The van der Waals surface area contributed by atoms with E-state index in [-0.39, 0.29) is 0 Å². The lowest BCUT2D eigenvalue weighted by Crippen LogP contribution is -2.10. The largest absolute Gasteiger partial charge is 0.348 e. The van der Waals surface area contributed by atoms with Gasteiger partial charge in [-0.15, -0.1) is 0 Å². The molecule has 1 aliphatic heterocycles. The number of aliphatic imine (C=N–C) groups is 1. The van der Waals surface area contributed by atoms with Crippen molar-refractivity contribution in [1.82, 2.24) is 0 Å². The van der Waals surface area contributed by atoms with E-state index in [0.29, 0.717) is 6.54 Å². The zero-order chi connectivity index (χ0) is 13.2. The summed E-state index contributed by atoms with van der Waals surface area (Å²) >= 11 is 11.2. The van der Waals surface area contributed by atoms with Crippen LogP contribution in [0.3, 0.4) is 0 Å². The second-order valence-corrected chi connectivity index (χ2v) is 5.19. The number of hydrogen-bond donors (Lipinski definition) is 1. The Balaban J connectivity index is 2.14. The smallest absolute Gasteiger partial charge is 0.102 e. The lowest BCUT2D eigenvalue weighted by molar-refractivity contribution is 1.31. The molecule has 3 rings (SSSR count). The van der Waals surface area contributed by atoms with Crippen LogP contribution in [0.25, 0.3) is 0 Å². The highest BCUT2D eigenvalue weighted by Gasteiger charge is 2.15. The molecule has 0 bridgehead atoms. The van der Waals surface area contributed by atoms with Crippen molar-refractivity contribution in [2.24, 2.45) is 4.99 Å². The molecule has 1 heterocycles. The van der Waals surface area contributed by atoms with Gasteiger partial charge in [0.1, 0.15) is 4.99 Å². The van der Waals surface area contributed by atoms with Gasteiger partial charge in [-0.1, -0.05) is 54.2 Å². The summed E-state index contributed by atoms with van der Waals surface area (Å²) in [5, 5.41) is 3.95. The van der Waals surface area contributed by atoms with Crippen LogP contribution in [0.1, 0.15) is 11.1 Å². The second-order valence-electron chi connectivity index (χ2n) is 4.27. The fraction of sp³-hybridized carbons (Fsp3) is 0.0667. The Hall–Kier alpha value is -1.71. The molecule has 0 saturated heterocycles. The molecule has 19 heavy (non-hydrogen) atoms. The van der Waals surface area contributed by atoms with Crippen molar-refractivity contribution in [1.29, 1.82) is 0 Å². The van der Waals surface area contributed by atoms with Gasteiger partial charge in [0.25, 0.3) is 0 Å². The molecule has 1 aliphatic rings. The molecule has 0 aliphatic carbocycles. The van der Waals surface area contributed by atoms with Gasteiger partial charge in [-0.3, -0.25) is 4.99 Å². The summed E-state index contributed by atoms with van der Waals surface area (Å²) < 4.78 is 0. The van der Waals surface area contributed by atoms with Gasteiger partial charge in [0.15, 0.2) is 0 Å². The van der Waals surface area contributed by atoms with Gasteiger partial charge in [0.2, 0.25) is 0 Å². The lowest BCUT2D eigenvalue weighted by Gasteiger charge is -2.10. The summed E-state index contributed by atoms with van der Waals surface area (Å²) in [7, 11) is 0. The van der Waals surface area contributed by atoms with E-state index in [0.717, 1.165) is 32.5 Å². The predicted octanol–water partition coefficient (Wildman–Crippen LogP) is 3.93. The summed E-state index contributed by atoms with van der Waals surface area (Å²) in [5.74, 6) is 0. The molecule has 0 spiro atoms. The van der Waals surface area contributed by atoms with Crippen LogP contribution in [-0.4, -0.2) is 17.2 Å². The maximum absolute atomic E-state index is 5.93. The molecule has 0 fully saturated rings. The SMILES string of the molecule is S=C1CN=C(c2ccc(Cl)cc2)c2ccccc2N1. The van der Waals surface area contributed by atoms with Crippen LogP contribution < -0.4 is 5.32 Å². The van der Waals surface area contributed by atoms with Crippen molar-refractivity contribution in [2.75, 3.05) is 11.9 Å². The summed E-state index contributed by atoms with van der Waals surface area (Å²) in [6, 6.07) is 15.7. The minimum atomic E-state index is 0.502. The first kappa shape index (κ1) is 12.3. The van der Waals surface area contributed by atoms with Crippen LogP contribution in [0, 0.1) is 0 Å². The topological polar surface area (TPSA) is 24.4 Å². The van der Waals surface area contributed by atoms with Crippen molar-refractivity contribution < 1.29 is 0 Å². The zero-order valence-electron chi connectivity index (χ0n) is 10.1. The van der Waals surface area contributed by atoms with E-state index < -0.39 is 0 Å². The Morgan fingerprint density at radius 1 is 1.05 bits per heavy atom. The molecule has 0 amide bonds. The van der Waals surface area contributed by atoms with E-state index in [1.165, 1.54) is 0 Å². The summed E-state index contributed by atoms with van der Waals surface area (Å²) in [6.45, 7) is 0.502. The number of benzene rings is 2. The molecule has 0 radical (unpaired) electrons. The number of nitrogens with zero attached hydrogens (tertiary/aromatic N) is 1. The molecule has 94 valence electrons. The molecule has 0 aromatic heterocycles. The third-order valence-electron chi connectivity index (χ3n) is 2.95. The maximum atomic E-state index is 5.93. The fourth-order valence-corrected chi connectivity index (χ4v) is 2.38. The van der Waals surface area contributed by atoms with E-state index in [1.807, 2.05) is 48.5 Å². The highest BCUT2D eigenvalue weighted by atomic mass is 35.5. The van der Waals surface area contributed by atoms with E-state index in [4.69, 9.17) is 23.8 Å². The minimum absolute atomic E-state index is 0.502. The number of nitrogens with one attached hydrogen (secondary N) is 1. The first-order valence-corrected chi connectivity index (χ1v) is 6.72. The van der Waals surface area contributed by atoms with Crippen LogP contribution >= 0.6 is 23.8 Å². The predicted molar refractivity (Wildman–Crippen MR) is 84.6 cm³/mol. The molecule has 4 heteroatoms. The number of anilines is 1. The number of thiocarbonyl (C=S) groups is 1. The number of para-hydroxylation sites is 1. The van der Waals surface area contributed by atoms with Gasteiger partial charge in [0, 0.05) is 21.8 Å². The Bertz CT molecular complexity index is 662. The van der Waals surface area contributed by atoms with Crippen LogP contribution in [0.15, 0.2) is 53.5 Å². The number of fused-ring (bicyclic) bond motifs is 1. The first-order chi connectivity index (χ1) is 9.24. The zero-order valence-corrected chi connectivity index (χ0v) is 11.6. The standard InChI is InChI=1S/C15H11ClN2S/c16-11-7-5-10(6-8-11)15-12-3-1-2-4-13(12)18-14(19)9-17-15/h1-8H,9H2,(H,18,19). The van der Waals surface area contributed by atoms with E-state index in [1.54, 1.807) is 0 Å². The molecule has 0 atom stereocenters. The fourth-order valence-electron chi connectivity index (χ4n) is 2.08. The molecule has 2 nitrogen and oxygen atoms in total. The van der Waals surface area contributed by atoms with E-state index >= 15 is 0 Å². The molecule has 2 aromatic carbocycles. The van der Waals surface area contributed by atoms with Gasteiger partial charge in [-0.25, -0.2) is 0 Å². The van der Waals surface area contributed by atoms with Crippen molar-refractivity contribution in [3.8, 4) is 0 Å². The first-order valence-electron chi connectivity index (χ1n) is 5.94. The van der Waals surface area contributed by atoms with E-state index in [9.17, 15) is 0 Å². The minimum Gasteiger partial charge on any atom is -0.348 e. The normalized spacial score (nSPS) is 14.2. The third kappa shape index (κ3) is 2.53. The summed E-state index contributed by atoms with van der Waals surface area (Å²) in [4.78, 5) is 5.35. The molecule has 2 aromatic rings. The summed E-state index contributed by atoms with van der Waals surface area (Å²) in [6.07, 6.45) is 0. The summed E-state index contributed by atoms with van der Waals surface area (Å²) in [5.41, 5.74) is 4.05.